The first-order valence-corrected chi connectivity index (χ1v) is 9.00. The third kappa shape index (κ3) is 3.76. The number of rotatable bonds is 5. The van der Waals surface area contributed by atoms with Crippen molar-refractivity contribution in [2.75, 3.05) is 21.3 Å². The van der Waals surface area contributed by atoms with Crippen molar-refractivity contribution in [3.05, 3.63) is 64.7 Å². The Morgan fingerprint density at radius 1 is 0.862 bits per heavy atom. The number of hydrogen-bond acceptors (Lipinski definition) is 7. The Labute approximate surface area is 168 Å². The van der Waals surface area contributed by atoms with Gasteiger partial charge in [0.2, 0.25) is 0 Å². The molecule has 2 aromatic rings. The van der Waals surface area contributed by atoms with Crippen LogP contribution in [0.25, 0.3) is 11.3 Å². The molecule has 152 valence electrons. The number of carbonyl (C=O) groups excluding carboxylic acids is 2. The van der Waals surface area contributed by atoms with Crippen molar-refractivity contribution in [3.63, 3.8) is 0 Å². The van der Waals surface area contributed by atoms with Crippen LogP contribution in [0.4, 0.5) is 0 Å². The highest BCUT2D eigenvalue weighted by Crippen LogP contribution is 2.41. The zero-order chi connectivity index (χ0) is 21.1. The smallest absolute Gasteiger partial charge is 0.336 e. The maximum atomic E-state index is 12.5. The number of allylic oxidation sites excluding steroid dienone is 2. The van der Waals surface area contributed by atoms with Crippen LogP contribution >= 0.6 is 0 Å². The first-order valence-electron chi connectivity index (χ1n) is 9.00. The van der Waals surface area contributed by atoms with Crippen LogP contribution in [0.15, 0.2) is 63.4 Å². The SMILES string of the molecule is COC(=O)C1=C(C)NC(C)=C(C(=O)OC)C1c1ccc(-c2ccc(OC)cc2)o1. The van der Waals surface area contributed by atoms with Gasteiger partial charge in [0, 0.05) is 17.0 Å². The maximum Gasteiger partial charge on any atom is 0.336 e. The van der Waals surface area contributed by atoms with Crippen molar-refractivity contribution < 1.29 is 28.2 Å². The fraction of sp³-hybridized carbons (Fsp3) is 0.273. The Morgan fingerprint density at radius 3 is 1.90 bits per heavy atom. The molecule has 1 aromatic heterocycles. The van der Waals surface area contributed by atoms with Crippen LogP contribution in [0.2, 0.25) is 0 Å². The average molecular weight is 397 g/mol. The molecule has 1 aromatic carbocycles. The van der Waals surface area contributed by atoms with E-state index in [1.54, 1.807) is 33.1 Å². The molecule has 0 radical (unpaired) electrons. The van der Waals surface area contributed by atoms with Crippen molar-refractivity contribution in [2.24, 2.45) is 0 Å². The van der Waals surface area contributed by atoms with E-state index >= 15 is 0 Å². The van der Waals surface area contributed by atoms with Crippen molar-refractivity contribution in [2.45, 2.75) is 19.8 Å². The molecular formula is C22H23NO6. The van der Waals surface area contributed by atoms with Gasteiger partial charge in [-0.1, -0.05) is 0 Å². The summed E-state index contributed by atoms with van der Waals surface area (Å²) in [6.45, 7) is 3.51. The Balaban J connectivity index is 2.10. The molecule has 3 rings (SSSR count). The van der Waals surface area contributed by atoms with Crippen LogP contribution in [0.3, 0.4) is 0 Å². The molecule has 2 heterocycles. The number of carbonyl (C=O) groups is 2. The standard InChI is InChI=1S/C22H23NO6/c1-12-18(21(24)27-4)20(19(13(2)23-12)22(25)28-5)17-11-10-16(29-17)14-6-8-15(26-3)9-7-14/h6-11,20,23H,1-5H3. The van der Waals surface area contributed by atoms with Gasteiger partial charge >= 0.3 is 11.9 Å². The number of ether oxygens (including phenoxy) is 3. The Morgan fingerprint density at radius 2 is 1.41 bits per heavy atom. The molecule has 29 heavy (non-hydrogen) atoms. The summed E-state index contributed by atoms with van der Waals surface area (Å²) in [4.78, 5) is 25.0. The van der Waals surface area contributed by atoms with Crippen LogP contribution in [0, 0.1) is 0 Å². The number of furan rings is 1. The summed E-state index contributed by atoms with van der Waals surface area (Å²) < 4.78 is 21.2. The minimum atomic E-state index is -0.747. The minimum absolute atomic E-state index is 0.300. The summed E-state index contributed by atoms with van der Waals surface area (Å²) in [6.07, 6.45) is 0. The Bertz CT molecular complexity index is 959. The highest BCUT2D eigenvalue weighted by Gasteiger charge is 2.39. The van der Waals surface area contributed by atoms with Crippen molar-refractivity contribution in [3.8, 4) is 17.1 Å². The van der Waals surface area contributed by atoms with E-state index < -0.39 is 17.9 Å². The molecule has 0 saturated carbocycles. The van der Waals surface area contributed by atoms with Gasteiger partial charge in [-0.15, -0.1) is 0 Å². The molecule has 1 aliphatic rings. The number of nitrogens with one attached hydrogen (secondary N) is 1. The molecule has 7 heteroatoms. The first kappa shape index (κ1) is 20.3. The number of esters is 2. The summed E-state index contributed by atoms with van der Waals surface area (Å²) in [7, 11) is 4.20. The maximum absolute atomic E-state index is 12.5. The number of benzene rings is 1. The van der Waals surface area contributed by atoms with Crippen LogP contribution < -0.4 is 10.1 Å². The van der Waals surface area contributed by atoms with E-state index in [4.69, 9.17) is 18.6 Å². The summed E-state index contributed by atoms with van der Waals surface area (Å²) in [5.74, 6) is -0.0607. The second-order valence-corrected chi connectivity index (χ2v) is 6.55. The molecule has 0 amide bonds. The molecule has 1 N–H and O–H groups in total. The van der Waals surface area contributed by atoms with Gasteiger partial charge < -0.3 is 23.9 Å². The molecule has 0 unspecified atom stereocenters. The zero-order valence-electron chi connectivity index (χ0n) is 17.0. The van der Waals surface area contributed by atoms with E-state index in [1.807, 2.05) is 24.3 Å². The summed E-state index contributed by atoms with van der Waals surface area (Å²) in [5.41, 5.74) is 2.62. The van der Waals surface area contributed by atoms with Gasteiger partial charge in [-0.3, -0.25) is 0 Å². The second kappa shape index (κ2) is 8.26. The van der Waals surface area contributed by atoms with Crippen molar-refractivity contribution in [1.82, 2.24) is 5.32 Å². The normalized spacial score (nSPS) is 14.5. The summed E-state index contributed by atoms with van der Waals surface area (Å²) in [6, 6.07) is 10.9. The molecule has 0 bridgehead atoms. The van der Waals surface area contributed by atoms with E-state index in [0.717, 1.165) is 11.3 Å². The minimum Gasteiger partial charge on any atom is -0.497 e. The third-order valence-corrected chi connectivity index (χ3v) is 4.86. The Kier molecular flexibility index (Phi) is 5.77. The van der Waals surface area contributed by atoms with Crippen LogP contribution in [-0.4, -0.2) is 33.3 Å². The summed E-state index contributed by atoms with van der Waals surface area (Å²) >= 11 is 0. The molecule has 7 nitrogen and oxygen atoms in total. The lowest BCUT2D eigenvalue weighted by Crippen LogP contribution is -2.31. The van der Waals surface area contributed by atoms with Crippen LogP contribution in [0.5, 0.6) is 5.75 Å². The van der Waals surface area contributed by atoms with Crippen molar-refractivity contribution in [1.29, 1.82) is 0 Å². The van der Waals surface area contributed by atoms with Gasteiger partial charge in [-0.25, -0.2) is 9.59 Å². The first-order chi connectivity index (χ1) is 13.9. The zero-order valence-corrected chi connectivity index (χ0v) is 17.0. The lowest BCUT2D eigenvalue weighted by atomic mass is 9.83. The molecule has 0 spiro atoms. The van der Waals surface area contributed by atoms with Crippen molar-refractivity contribution >= 4 is 11.9 Å². The van der Waals surface area contributed by atoms with E-state index in [-0.39, 0.29) is 0 Å². The predicted octanol–water partition coefficient (Wildman–Crippen LogP) is 3.54. The van der Waals surface area contributed by atoms with Gasteiger partial charge in [-0.2, -0.15) is 0 Å². The van der Waals surface area contributed by atoms with Gasteiger partial charge in [0.15, 0.2) is 0 Å². The lowest BCUT2D eigenvalue weighted by Gasteiger charge is -2.28. The number of hydrogen-bond donors (Lipinski definition) is 1. The molecule has 0 aliphatic carbocycles. The average Bonchev–Trinajstić information content (AvgIpc) is 3.22. The van der Waals surface area contributed by atoms with E-state index in [2.05, 4.69) is 5.32 Å². The van der Waals surface area contributed by atoms with Gasteiger partial charge in [0.05, 0.1) is 38.4 Å². The molecule has 1 aliphatic heterocycles. The lowest BCUT2D eigenvalue weighted by molar-refractivity contribution is -0.137. The largest absolute Gasteiger partial charge is 0.497 e. The molecule has 0 fully saturated rings. The topological polar surface area (TPSA) is 87.0 Å². The fourth-order valence-electron chi connectivity index (χ4n) is 3.46. The molecule has 0 atom stereocenters. The van der Waals surface area contributed by atoms with E-state index in [0.29, 0.717) is 34.1 Å². The quantitative estimate of drug-likeness (QED) is 0.772. The molecular weight excluding hydrogens is 374 g/mol. The van der Waals surface area contributed by atoms with E-state index in [9.17, 15) is 9.59 Å². The number of dihydropyridines is 1. The van der Waals surface area contributed by atoms with Gasteiger partial charge in [-0.05, 0) is 50.2 Å². The molecule has 0 saturated heterocycles. The van der Waals surface area contributed by atoms with E-state index in [1.165, 1.54) is 14.2 Å². The van der Waals surface area contributed by atoms with Gasteiger partial charge in [0.1, 0.15) is 17.3 Å². The number of methoxy groups -OCH3 is 3. The van der Waals surface area contributed by atoms with Crippen LogP contribution in [-0.2, 0) is 19.1 Å². The highest BCUT2D eigenvalue weighted by molar-refractivity contribution is 5.99. The highest BCUT2D eigenvalue weighted by atomic mass is 16.5. The second-order valence-electron chi connectivity index (χ2n) is 6.55. The van der Waals surface area contributed by atoms with Gasteiger partial charge in [0.25, 0.3) is 0 Å². The predicted molar refractivity (Wildman–Crippen MR) is 106 cm³/mol. The fourth-order valence-corrected chi connectivity index (χ4v) is 3.46. The third-order valence-electron chi connectivity index (χ3n) is 4.86. The summed E-state index contributed by atoms with van der Waals surface area (Å²) in [5, 5.41) is 3.06. The monoisotopic (exact) mass is 397 g/mol. The Hall–Kier alpha value is -3.48. The van der Waals surface area contributed by atoms with Crippen LogP contribution in [0.1, 0.15) is 25.5 Å².